The van der Waals surface area contributed by atoms with E-state index >= 15 is 0 Å². The summed E-state index contributed by atoms with van der Waals surface area (Å²) in [7, 11) is 0. The highest BCUT2D eigenvalue weighted by molar-refractivity contribution is 7.98. The Bertz CT molecular complexity index is 119. The van der Waals surface area contributed by atoms with Crippen molar-refractivity contribution in [2.45, 2.75) is 19.4 Å². The number of hydrogen-bond acceptors (Lipinski definition) is 3. The van der Waals surface area contributed by atoms with Crippen LogP contribution in [0.2, 0.25) is 0 Å². The van der Waals surface area contributed by atoms with Gasteiger partial charge in [0, 0.05) is 24.8 Å². The van der Waals surface area contributed by atoms with Gasteiger partial charge in [-0.2, -0.15) is 11.8 Å². The molecule has 0 aromatic rings. The molecule has 0 bridgehead atoms. The Balaban J connectivity index is 3.40. The molecule has 1 amide bonds. The SMILES string of the molecule is CSCC(C)NC(=O)CCN. The second-order valence-corrected chi connectivity index (χ2v) is 3.37. The van der Waals surface area contributed by atoms with E-state index in [2.05, 4.69) is 5.32 Å². The molecule has 66 valence electrons. The van der Waals surface area contributed by atoms with Gasteiger partial charge < -0.3 is 11.1 Å². The smallest absolute Gasteiger partial charge is 0.221 e. The van der Waals surface area contributed by atoms with Gasteiger partial charge in [0.1, 0.15) is 0 Å². The van der Waals surface area contributed by atoms with Gasteiger partial charge in [-0.05, 0) is 13.2 Å². The standard InChI is InChI=1S/C7H16N2OS/c1-6(5-11-2)9-7(10)3-4-8/h6H,3-5,8H2,1-2H3,(H,9,10). The van der Waals surface area contributed by atoms with E-state index in [0.717, 1.165) is 5.75 Å². The second-order valence-electron chi connectivity index (χ2n) is 2.46. The molecule has 0 rings (SSSR count). The molecule has 0 aliphatic heterocycles. The fraction of sp³-hybridized carbons (Fsp3) is 0.857. The summed E-state index contributed by atoms with van der Waals surface area (Å²) < 4.78 is 0. The van der Waals surface area contributed by atoms with E-state index in [9.17, 15) is 4.79 Å². The van der Waals surface area contributed by atoms with Gasteiger partial charge in [0.15, 0.2) is 0 Å². The quantitative estimate of drug-likeness (QED) is 0.629. The van der Waals surface area contributed by atoms with Crippen LogP contribution in [-0.2, 0) is 4.79 Å². The topological polar surface area (TPSA) is 55.1 Å². The molecule has 0 radical (unpaired) electrons. The van der Waals surface area contributed by atoms with Crippen molar-refractivity contribution in [3.05, 3.63) is 0 Å². The first-order chi connectivity index (χ1) is 5.20. The highest BCUT2D eigenvalue weighted by Crippen LogP contribution is 1.95. The predicted octanol–water partition coefficient (Wildman–Crippen LogP) is 0.203. The molecular formula is C7H16N2OS. The fourth-order valence-corrected chi connectivity index (χ4v) is 1.35. The molecule has 0 saturated heterocycles. The molecule has 1 atom stereocenters. The number of nitrogens with one attached hydrogen (secondary N) is 1. The molecule has 1 unspecified atom stereocenters. The molecule has 0 heterocycles. The third-order valence-electron chi connectivity index (χ3n) is 1.20. The molecule has 0 aliphatic carbocycles. The lowest BCUT2D eigenvalue weighted by molar-refractivity contribution is -0.121. The lowest BCUT2D eigenvalue weighted by Crippen LogP contribution is -2.35. The van der Waals surface area contributed by atoms with Crippen LogP contribution in [0.3, 0.4) is 0 Å². The molecule has 0 aromatic heterocycles. The third-order valence-corrected chi connectivity index (χ3v) is 2.03. The van der Waals surface area contributed by atoms with E-state index < -0.39 is 0 Å². The molecule has 4 heteroatoms. The first kappa shape index (κ1) is 10.8. The van der Waals surface area contributed by atoms with Crippen molar-refractivity contribution in [2.24, 2.45) is 5.73 Å². The third kappa shape index (κ3) is 6.19. The van der Waals surface area contributed by atoms with E-state index in [0.29, 0.717) is 13.0 Å². The summed E-state index contributed by atoms with van der Waals surface area (Å²) in [5.41, 5.74) is 5.21. The molecule has 0 fully saturated rings. The fourth-order valence-electron chi connectivity index (χ4n) is 0.770. The zero-order valence-electron chi connectivity index (χ0n) is 7.09. The molecule has 0 spiro atoms. The lowest BCUT2D eigenvalue weighted by Gasteiger charge is -2.11. The summed E-state index contributed by atoms with van der Waals surface area (Å²) in [5, 5.41) is 2.84. The van der Waals surface area contributed by atoms with E-state index in [4.69, 9.17) is 5.73 Å². The minimum absolute atomic E-state index is 0.0500. The van der Waals surface area contributed by atoms with Crippen molar-refractivity contribution in [1.29, 1.82) is 0 Å². The molecular weight excluding hydrogens is 160 g/mol. The van der Waals surface area contributed by atoms with Crippen LogP contribution >= 0.6 is 11.8 Å². The summed E-state index contributed by atoms with van der Waals surface area (Å²) in [4.78, 5) is 10.9. The Morgan fingerprint density at radius 1 is 1.73 bits per heavy atom. The van der Waals surface area contributed by atoms with Gasteiger partial charge in [-0.25, -0.2) is 0 Å². The monoisotopic (exact) mass is 176 g/mol. The van der Waals surface area contributed by atoms with Crippen molar-refractivity contribution in [1.82, 2.24) is 5.32 Å². The van der Waals surface area contributed by atoms with Crippen molar-refractivity contribution in [3.8, 4) is 0 Å². The van der Waals surface area contributed by atoms with Crippen LogP contribution in [-0.4, -0.2) is 30.5 Å². The van der Waals surface area contributed by atoms with Gasteiger partial charge in [-0.15, -0.1) is 0 Å². The largest absolute Gasteiger partial charge is 0.353 e. The number of thioether (sulfide) groups is 1. The zero-order valence-corrected chi connectivity index (χ0v) is 7.91. The van der Waals surface area contributed by atoms with E-state index in [1.165, 1.54) is 0 Å². The number of nitrogens with two attached hydrogens (primary N) is 1. The minimum atomic E-state index is 0.0500. The molecule has 0 aliphatic rings. The average molecular weight is 176 g/mol. The maximum Gasteiger partial charge on any atom is 0.221 e. The van der Waals surface area contributed by atoms with Gasteiger partial charge in [0.25, 0.3) is 0 Å². The summed E-state index contributed by atoms with van der Waals surface area (Å²) in [6.45, 7) is 2.42. The second kappa shape index (κ2) is 6.49. The van der Waals surface area contributed by atoms with Gasteiger partial charge in [0.05, 0.1) is 0 Å². The number of carbonyl (C=O) groups excluding carboxylic acids is 1. The van der Waals surface area contributed by atoms with E-state index in [1.54, 1.807) is 11.8 Å². The average Bonchev–Trinajstić information content (AvgIpc) is 1.87. The first-order valence-electron chi connectivity index (χ1n) is 3.69. The summed E-state index contributed by atoms with van der Waals surface area (Å²) in [5.74, 6) is 1.00. The maximum atomic E-state index is 10.9. The van der Waals surface area contributed by atoms with Crippen molar-refractivity contribution in [2.75, 3.05) is 18.6 Å². The Morgan fingerprint density at radius 2 is 2.36 bits per heavy atom. The van der Waals surface area contributed by atoms with Crippen molar-refractivity contribution < 1.29 is 4.79 Å². The van der Waals surface area contributed by atoms with Crippen LogP contribution in [0.1, 0.15) is 13.3 Å². The van der Waals surface area contributed by atoms with E-state index in [-0.39, 0.29) is 11.9 Å². The molecule has 0 aromatic carbocycles. The molecule has 0 saturated carbocycles. The number of carbonyl (C=O) groups is 1. The van der Waals surface area contributed by atoms with Gasteiger partial charge in [-0.3, -0.25) is 4.79 Å². The number of rotatable bonds is 5. The van der Waals surface area contributed by atoms with Crippen LogP contribution in [0.5, 0.6) is 0 Å². The Labute approximate surface area is 72.1 Å². The Morgan fingerprint density at radius 3 is 2.82 bits per heavy atom. The van der Waals surface area contributed by atoms with Crippen LogP contribution < -0.4 is 11.1 Å². The van der Waals surface area contributed by atoms with Crippen molar-refractivity contribution >= 4 is 17.7 Å². The van der Waals surface area contributed by atoms with Crippen molar-refractivity contribution in [3.63, 3.8) is 0 Å². The van der Waals surface area contributed by atoms with Gasteiger partial charge >= 0.3 is 0 Å². The Kier molecular flexibility index (Phi) is 6.36. The van der Waals surface area contributed by atoms with Crippen LogP contribution in [0, 0.1) is 0 Å². The van der Waals surface area contributed by atoms with E-state index in [1.807, 2.05) is 13.2 Å². The maximum absolute atomic E-state index is 10.9. The van der Waals surface area contributed by atoms with Crippen LogP contribution in [0.15, 0.2) is 0 Å². The molecule has 11 heavy (non-hydrogen) atoms. The predicted molar refractivity (Wildman–Crippen MR) is 49.7 cm³/mol. The number of amides is 1. The normalized spacial score (nSPS) is 12.6. The van der Waals surface area contributed by atoms with Gasteiger partial charge in [0.2, 0.25) is 5.91 Å². The number of hydrogen-bond donors (Lipinski definition) is 2. The molecule has 3 nitrogen and oxygen atoms in total. The highest BCUT2D eigenvalue weighted by atomic mass is 32.2. The summed E-state index contributed by atoms with van der Waals surface area (Å²) >= 11 is 1.72. The highest BCUT2D eigenvalue weighted by Gasteiger charge is 2.04. The zero-order chi connectivity index (χ0) is 8.69. The van der Waals surface area contributed by atoms with Gasteiger partial charge in [-0.1, -0.05) is 0 Å². The molecule has 3 N–H and O–H groups in total. The van der Waals surface area contributed by atoms with Crippen LogP contribution in [0.25, 0.3) is 0 Å². The summed E-state index contributed by atoms with van der Waals surface area (Å²) in [6, 6.07) is 0.254. The first-order valence-corrected chi connectivity index (χ1v) is 5.08. The minimum Gasteiger partial charge on any atom is -0.353 e. The summed E-state index contributed by atoms with van der Waals surface area (Å²) in [6.07, 6.45) is 2.45. The Hall–Kier alpha value is -0.220. The lowest BCUT2D eigenvalue weighted by atomic mass is 10.3. The van der Waals surface area contributed by atoms with Crippen LogP contribution in [0.4, 0.5) is 0 Å².